The zero-order valence-corrected chi connectivity index (χ0v) is 21.3. The van der Waals surface area contributed by atoms with Crippen molar-refractivity contribution in [1.29, 1.82) is 0 Å². The summed E-state index contributed by atoms with van der Waals surface area (Å²) in [5.74, 6) is -0.821. The molecule has 38 heavy (non-hydrogen) atoms. The summed E-state index contributed by atoms with van der Waals surface area (Å²) in [5.41, 5.74) is 10.4. The summed E-state index contributed by atoms with van der Waals surface area (Å²) in [6.45, 7) is 5.93. The molecule has 0 unspecified atom stereocenters. The Morgan fingerprint density at radius 2 is 1.47 bits per heavy atom. The van der Waals surface area contributed by atoms with Crippen LogP contribution >= 0.6 is 0 Å². The summed E-state index contributed by atoms with van der Waals surface area (Å²) in [6, 6.07) is 24.2. The van der Waals surface area contributed by atoms with Crippen LogP contribution in [0.4, 0.5) is 11.4 Å². The highest BCUT2D eigenvalue weighted by molar-refractivity contribution is 6.36. The van der Waals surface area contributed by atoms with Crippen molar-refractivity contribution in [1.82, 2.24) is 0 Å². The number of nitrogens with two attached hydrogens (primary N) is 1. The number of anilines is 2. The van der Waals surface area contributed by atoms with E-state index in [0.717, 1.165) is 36.0 Å². The van der Waals surface area contributed by atoms with E-state index in [0.29, 0.717) is 22.4 Å². The highest BCUT2D eigenvalue weighted by Crippen LogP contribution is 2.39. The van der Waals surface area contributed by atoms with Gasteiger partial charge >= 0.3 is 0 Å². The zero-order valence-electron chi connectivity index (χ0n) is 21.3. The molecule has 0 bridgehead atoms. The van der Waals surface area contributed by atoms with Crippen LogP contribution in [0.15, 0.2) is 100 Å². The van der Waals surface area contributed by atoms with Crippen LogP contribution in [0.1, 0.15) is 36.3 Å². The topological polar surface area (TPSA) is 96.8 Å². The van der Waals surface area contributed by atoms with Crippen molar-refractivity contribution in [3.63, 3.8) is 0 Å². The Labute approximate surface area is 221 Å². The minimum atomic E-state index is -0.453. The monoisotopic (exact) mass is 504 g/mol. The molecular weight excluding hydrogens is 476 g/mol. The van der Waals surface area contributed by atoms with E-state index in [-0.39, 0.29) is 16.9 Å². The van der Waals surface area contributed by atoms with Crippen LogP contribution in [-0.4, -0.2) is 24.0 Å². The van der Waals surface area contributed by atoms with Crippen LogP contribution in [-0.2, 0) is 4.79 Å². The van der Waals surface area contributed by atoms with Crippen molar-refractivity contribution in [3.8, 4) is 11.1 Å². The summed E-state index contributed by atoms with van der Waals surface area (Å²) in [6.07, 6.45) is 2.44. The number of nitrogen functional groups attached to an aromatic ring is 1. The third kappa shape index (κ3) is 4.41. The van der Waals surface area contributed by atoms with Crippen molar-refractivity contribution in [2.75, 3.05) is 23.7 Å². The van der Waals surface area contributed by atoms with Gasteiger partial charge in [-0.2, -0.15) is 0 Å². The fraction of sp³-hybridized carbons (Fsp3) is 0.125. The fourth-order valence-corrected chi connectivity index (χ4v) is 4.85. The maximum Gasteiger partial charge on any atom is 0.204 e. The molecular formula is C32H28N2O4. The lowest BCUT2D eigenvalue weighted by Gasteiger charge is -2.23. The van der Waals surface area contributed by atoms with Gasteiger partial charge in [0, 0.05) is 36.1 Å². The molecule has 1 aliphatic rings. The first-order chi connectivity index (χ1) is 18.4. The number of carbonyl (C=O) groups is 1. The van der Waals surface area contributed by atoms with Crippen molar-refractivity contribution in [2.45, 2.75) is 13.8 Å². The van der Waals surface area contributed by atoms with Gasteiger partial charge in [0.25, 0.3) is 0 Å². The third-order valence-electron chi connectivity index (χ3n) is 6.81. The molecule has 0 aliphatic heterocycles. The molecule has 6 heteroatoms. The van der Waals surface area contributed by atoms with Gasteiger partial charge in [0.1, 0.15) is 17.6 Å². The van der Waals surface area contributed by atoms with E-state index in [1.165, 1.54) is 6.26 Å². The molecule has 0 fully saturated rings. The molecule has 0 saturated heterocycles. The lowest BCUT2D eigenvalue weighted by Crippen LogP contribution is -2.21. The van der Waals surface area contributed by atoms with Crippen LogP contribution in [0.25, 0.3) is 28.0 Å². The van der Waals surface area contributed by atoms with E-state index in [1.807, 2.05) is 54.6 Å². The Bertz CT molecular complexity index is 1610. The summed E-state index contributed by atoms with van der Waals surface area (Å²) in [7, 11) is 0. The number of nitrogens with zero attached hydrogens (tertiary/aromatic N) is 1. The summed E-state index contributed by atoms with van der Waals surface area (Å²) < 4.78 is 6.00. The first kappa shape index (κ1) is 24.8. The van der Waals surface area contributed by atoms with Gasteiger partial charge < -0.3 is 20.2 Å². The molecule has 0 saturated carbocycles. The molecule has 1 heterocycles. The number of benzene rings is 3. The molecule has 190 valence electrons. The average molecular weight is 505 g/mol. The van der Waals surface area contributed by atoms with Crippen molar-refractivity contribution in [3.05, 3.63) is 124 Å². The van der Waals surface area contributed by atoms with Gasteiger partial charge in [0.05, 0.1) is 11.1 Å². The summed E-state index contributed by atoms with van der Waals surface area (Å²) in [5, 5.41) is 10.7. The Hall–Kier alpha value is -4.84. The molecule has 0 radical (unpaired) electrons. The van der Waals surface area contributed by atoms with Gasteiger partial charge in [-0.3, -0.25) is 9.59 Å². The molecule has 4 aromatic rings. The third-order valence-corrected chi connectivity index (χ3v) is 6.81. The Kier molecular flexibility index (Phi) is 6.71. The van der Waals surface area contributed by atoms with Gasteiger partial charge in [-0.25, -0.2) is 0 Å². The molecule has 1 aromatic heterocycles. The quantitative estimate of drug-likeness (QED) is 0.241. The predicted molar refractivity (Wildman–Crippen MR) is 153 cm³/mol. The SMILES string of the molecule is CCN(CC)c1ccc(/C(=C2\C(=O)C=C(O)c3c2occ(-c2ccccc2)c3=O)c2ccc(N)cc2)cc1. The highest BCUT2D eigenvalue weighted by Gasteiger charge is 2.32. The number of aliphatic hydroxyl groups is 1. The standard InChI is InChI=1S/C32H28N2O4/c1-3-34(4-2)24-16-12-22(13-17-24)28(21-10-14-23(33)15-11-21)29-26(35)18-27(36)30-31(37)25(19-38-32(29)30)20-8-6-5-7-9-20/h5-19,36H,3-4,33H2,1-2H3/b29-28+. The van der Waals surface area contributed by atoms with E-state index >= 15 is 0 Å². The number of ketones is 1. The molecule has 0 atom stereocenters. The first-order valence-electron chi connectivity index (χ1n) is 12.6. The maximum absolute atomic E-state index is 13.6. The molecule has 3 aromatic carbocycles. The number of carbonyl (C=O) groups excluding carboxylic acids is 1. The van der Waals surface area contributed by atoms with E-state index in [1.54, 1.807) is 24.3 Å². The van der Waals surface area contributed by atoms with Crippen LogP contribution in [0.3, 0.4) is 0 Å². The highest BCUT2D eigenvalue weighted by atomic mass is 16.3. The van der Waals surface area contributed by atoms with Crippen molar-refractivity contribution < 1.29 is 14.3 Å². The minimum Gasteiger partial charge on any atom is -0.507 e. The van der Waals surface area contributed by atoms with Gasteiger partial charge in [-0.05, 0) is 54.8 Å². The number of hydrogen-bond donors (Lipinski definition) is 2. The van der Waals surface area contributed by atoms with E-state index < -0.39 is 17.0 Å². The van der Waals surface area contributed by atoms with Crippen molar-refractivity contribution in [2.24, 2.45) is 0 Å². The average Bonchev–Trinajstić information content (AvgIpc) is 2.93. The van der Waals surface area contributed by atoms with Gasteiger partial charge in [-0.15, -0.1) is 0 Å². The van der Waals surface area contributed by atoms with E-state index in [9.17, 15) is 14.7 Å². The smallest absolute Gasteiger partial charge is 0.204 e. The van der Waals surface area contributed by atoms with Crippen LogP contribution in [0.5, 0.6) is 0 Å². The predicted octanol–water partition coefficient (Wildman–Crippen LogP) is 6.18. The summed E-state index contributed by atoms with van der Waals surface area (Å²) in [4.78, 5) is 29.3. The normalized spacial score (nSPS) is 14.1. The summed E-state index contributed by atoms with van der Waals surface area (Å²) >= 11 is 0. The lowest BCUT2D eigenvalue weighted by molar-refractivity contribution is -0.109. The van der Waals surface area contributed by atoms with Gasteiger partial charge in [-0.1, -0.05) is 54.6 Å². The Balaban J connectivity index is 1.78. The largest absolute Gasteiger partial charge is 0.507 e. The molecule has 3 N–H and O–H groups in total. The van der Waals surface area contributed by atoms with Crippen LogP contribution in [0, 0.1) is 0 Å². The second kappa shape index (κ2) is 10.3. The minimum absolute atomic E-state index is 0.0336. The second-order valence-electron chi connectivity index (χ2n) is 9.03. The van der Waals surface area contributed by atoms with Crippen LogP contribution < -0.4 is 16.1 Å². The lowest BCUT2D eigenvalue weighted by atomic mass is 9.85. The van der Waals surface area contributed by atoms with Crippen molar-refractivity contribution >= 4 is 34.1 Å². The molecule has 0 spiro atoms. The number of fused-ring (bicyclic) bond motifs is 1. The molecule has 1 aliphatic carbocycles. The Morgan fingerprint density at radius 1 is 0.868 bits per heavy atom. The van der Waals surface area contributed by atoms with E-state index in [2.05, 4.69) is 18.7 Å². The van der Waals surface area contributed by atoms with Gasteiger partial charge in [0.15, 0.2) is 11.5 Å². The van der Waals surface area contributed by atoms with E-state index in [4.69, 9.17) is 10.2 Å². The number of aliphatic hydroxyl groups excluding tert-OH is 1. The Morgan fingerprint density at radius 3 is 2.08 bits per heavy atom. The molecule has 6 nitrogen and oxygen atoms in total. The molecule has 5 rings (SSSR count). The fourth-order valence-electron chi connectivity index (χ4n) is 4.85. The number of rotatable bonds is 6. The van der Waals surface area contributed by atoms with Crippen LogP contribution in [0.2, 0.25) is 0 Å². The first-order valence-corrected chi connectivity index (χ1v) is 12.6. The number of allylic oxidation sites excluding steroid dienone is 2. The van der Waals surface area contributed by atoms with Gasteiger partial charge in [0.2, 0.25) is 5.43 Å². The molecule has 0 amide bonds. The number of hydrogen-bond acceptors (Lipinski definition) is 6. The maximum atomic E-state index is 13.6. The zero-order chi connectivity index (χ0) is 26.8. The second-order valence-corrected chi connectivity index (χ2v) is 9.03.